The second kappa shape index (κ2) is 14.8. The number of halogens is 1. The Balaban J connectivity index is 1.92. The molecule has 0 bridgehead atoms. The summed E-state index contributed by atoms with van der Waals surface area (Å²) in [4.78, 5) is 15.4. The number of hydrogen-bond donors (Lipinski definition) is 2. The second-order valence-corrected chi connectivity index (χ2v) is 11.3. The fraction of sp³-hybridized carbons (Fsp3) is 0.594. The van der Waals surface area contributed by atoms with E-state index in [1.165, 1.54) is 6.07 Å². The summed E-state index contributed by atoms with van der Waals surface area (Å²) in [7, 11) is 3.61. The molecule has 0 aliphatic carbocycles. The second-order valence-electron chi connectivity index (χ2n) is 11.3. The van der Waals surface area contributed by atoms with Crippen LogP contribution in [0.5, 0.6) is 0 Å². The number of amides is 1. The molecule has 1 heterocycles. The molecule has 3 rings (SSSR count). The molecule has 2 N–H and O–H groups in total. The van der Waals surface area contributed by atoms with Gasteiger partial charge in [-0.3, -0.25) is 4.79 Å². The Kier molecular flexibility index (Phi) is 11.8. The first-order chi connectivity index (χ1) is 18.3. The number of methoxy groups -OCH3 is 1. The molecule has 1 amide bonds. The molecule has 1 saturated heterocycles. The predicted molar refractivity (Wildman–Crippen MR) is 152 cm³/mol. The van der Waals surface area contributed by atoms with Gasteiger partial charge in [0.05, 0.1) is 5.60 Å². The standard InChI is InChI=1S/C32H47FN2O3/c1-24(2)20-25(22-34-3)21-30(36)35-18-11-14-27(23-35)32(37,17-8-9-19-38-4)28-15-10-16-29(33)31(28)26-12-6-5-7-13-26/h5-7,10,12-13,15-16,24-25,27,34,37H,8-9,11,14,17-23H2,1-4H3/t25-,27-,32+/m1/s1. The Morgan fingerprint density at radius 2 is 1.95 bits per heavy atom. The van der Waals surface area contributed by atoms with Gasteiger partial charge in [-0.15, -0.1) is 0 Å². The Labute approximate surface area is 228 Å². The molecule has 210 valence electrons. The molecule has 1 fully saturated rings. The van der Waals surface area contributed by atoms with Crippen LogP contribution < -0.4 is 5.32 Å². The maximum Gasteiger partial charge on any atom is 0.222 e. The maximum atomic E-state index is 15.4. The van der Waals surface area contributed by atoms with Gasteiger partial charge in [0.15, 0.2) is 0 Å². The van der Waals surface area contributed by atoms with Crippen molar-refractivity contribution in [1.82, 2.24) is 10.2 Å². The monoisotopic (exact) mass is 526 g/mol. The SMILES string of the molecule is CNC[C@@H](CC(=O)N1CCC[C@@H]([C@@](O)(CCCCOC)c2cccc(F)c2-c2ccccc2)C1)CC(C)C. The van der Waals surface area contributed by atoms with E-state index in [1.54, 1.807) is 13.2 Å². The first-order valence-electron chi connectivity index (χ1n) is 14.3. The molecule has 0 unspecified atom stereocenters. The van der Waals surface area contributed by atoms with Crippen LogP contribution in [0.1, 0.15) is 64.4 Å². The molecule has 3 atom stereocenters. The fourth-order valence-corrected chi connectivity index (χ4v) is 6.15. The number of hydrogen-bond acceptors (Lipinski definition) is 4. The number of benzene rings is 2. The highest BCUT2D eigenvalue weighted by atomic mass is 19.1. The largest absolute Gasteiger partial charge is 0.385 e. The van der Waals surface area contributed by atoms with Crippen molar-refractivity contribution in [3.05, 3.63) is 59.9 Å². The Hall–Kier alpha value is -2.28. The van der Waals surface area contributed by atoms with Crippen LogP contribution in [0.4, 0.5) is 4.39 Å². The third-order valence-electron chi connectivity index (χ3n) is 7.91. The van der Waals surface area contributed by atoms with E-state index in [0.29, 0.717) is 49.6 Å². The topological polar surface area (TPSA) is 61.8 Å². The van der Waals surface area contributed by atoms with E-state index in [9.17, 15) is 9.90 Å². The maximum absolute atomic E-state index is 15.4. The van der Waals surface area contributed by atoms with Gasteiger partial charge in [0.25, 0.3) is 0 Å². The Bertz CT molecular complexity index is 999. The molecule has 1 aliphatic rings. The number of carbonyl (C=O) groups excluding carboxylic acids is 1. The molecule has 5 nitrogen and oxygen atoms in total. The van der Waals surface area contributed by atoms with Crippen LogP contribution in [-0.4, -0.2) is 56.3 Å². The molecule has 6 heteroatoms. The summed E-state index contributed by atoms with van der Waals surface area (Å²) in [5.74, 6) is 0.446. The summed E-state index contributed by atoms with van der Waals surface area (Å²) in [5.41, 5.74) is 0.566. The van der Waals surface area contributed by atoms with Gasteiger partial charge in [0.1, 0.15) is 5.82 Å². The molecule has 1 aliphatic heterocycles. The van der Waals surface area contributed by atoms with Gasteiger partial charge in [0, 0.05) is 44.7 Å². The minimum atomic E-state index is -1.26. The minimum absolute atomic E-state index is 0.153. The Morgan fingerprint density at radius 1 is 1.18 bits per heavy atom. The average molecular weight is 527 g/mol. The van der Waals surface area contributed by atoms with Gasteiger partial charge >= 0.3 is 0 Å². The van der Waals surface area contributed by atoms with Crippen LogP contribution in [0, 0.1) is 23.6 Å². The summed E-state index contributed by atoms with van der Waals surface area (Å²) in [6, 6.07) is 14.5. The van der Waals surface area contributed by atoms with Crippen molar-refractivity contribution in [3.63, 3.8) is 0 Å². The van der Waals surface area contributed by atoms with Crippen molar-refractivity contribution in [3.8, 4) is 11.1 Å². The molecular weight excluding hydrogens is 479 g/mol. The van der Waals surface area contributed by atoms with Crippen molar-refractivity contribution in [2.24, 2.45) is 17.8 Å². The molecule has 0 radical (unpaired) electrons. The van der Waals surface area contributed by atoms with Gasteiger partial charge in [-0.05, 0) is 81.1 Å². The zero-order valence-electron chi connectivity index (χ0n) is 23.7. The quantitative estimate of drug-likeness (QED) is 0.296. The number of unbranched alkanes of at least 4 members (excludes halogenated alkanes) is 1. The molecule has 0 aromatic heterocycles. The summed E-state index contributed by atoms with van der Waals surface area (Å²) in [6.07, 6.45) is 5.17. The smallest absolute Gasteiger partial charge is 0.222 e. The van der Waals surface area contributed by atoms with Gasteiger partial charge in [0.2, 0.25) is 5.91 Å². The summed E-state index contributed by atoms with van der Waals surface area (Å²) < 4.78 is 20.7. The van der Waals surface area contributed by atoms with Crippen LogP contribution in [-0.2, 0) is 15.1 Å². The molecular formula is C32H47FN2O3. The average Bonchev–Trinajstić information content (AvgIpc) is 2.91. The lowest BCUT2D eigenvalue weighted by Gasteiger charge is -2.44. The van der Waals surface area contributed by atoms with Crippen molar-refractivity contribution in [2.75, 3.05) is 40.4 Å². The molecule has 2 aromatic rings. The van der Waals surface area contributed by atoms with E-state index >= 15 is 4.39 Å². The van der Waals surface area contributed by atoms with E-state index < -0.39 is 5.60 Å². The van der Waals surface area contributed by atoms with Crippen molar-refractivity contribution in [1.29, 1.82) is 0 Å². The van der Waals surface area contributed by atoms with Crippen molar-refractivity contribution >= 4 is 5.91 Å². The van der Waals surface area contributed by atoms with Gasteiger partial charge < -0.3 is 20.1 Å². The Morgan fingerprint density at radius 3 is 2.63 bits per heavy atom. The molecule has 2 aromatic carbocycles. The summed E-state index contributed by atoms with van der Waals surface area (Å²) in [6.45, 7) is 7.00. The zero-order chi connectivity index (χ0) is 27.5. The van der Waals surface area contributed by atoms with Crippen LogP contribution in [0.25, 0.3) is 11.1 Å². The zero-order valence-corrected chi connectivity index (χ0v) is 23.7. The van der Waals surface area contributed by atoms with Crippen molar-refractivity contribution < 1.29 is 19.0 Å². The number of carbonyl (C=O) groups is 1. The lowest BCUT2D eigenvalue weighted by atomic mass is 9.72. The molecule has 38 heavy (non-hydrogen) atoms. The lowest BCUT2D eigenvalue weighted by molar-refractivity contribution is -0.137. The molecule has 0 spiro atoms. The van der Waals surface area contributed by atoms with E-state index in [-0.39, 0.29) is 23.6 Å². The third kappa shape index (κ3) is 7.87. The number of nitrogens with one attached hydrogen (secondary N) is 1. The van der Waals surface area contributed by atoms with Gasteiger partial charge in [-0.2, -0.15) is 0 Å². The third-order valence-corrected chi connectivity index (χ3v) is 7.91. The number of rotatable bonds is 14. The highest BCUT2D eigenvalue weighted by Crippen LogP contribution is 2.44. The lowest BCUT2D eigenvalue weighted by Crippen LogP contribution is -2.49. The van der Waals surface area contributed by atoms with Crippen LogP contribution >= 0.6 is 0 Å². The normalized spacial score (nSPS) is 18.4. The van der Waals surface area contributed by atoms with Crippen LogP contribution in [0.3, 0.4) is 0 Å². The number of likely N-dealkylation sites (tertiary alicyclic amines) is 1. The highest BCUT2D eigenvalue weighted by Gasteiger charge is 2.43. The summed E-state index contributed by atoms with van der Waals surface area (Å²) in [5, 5.41) is 15.7. The van der Waals surface area contributed by atoms with Gasteiger partial charge in [-0.25, -0.2) is 4.39 Å². The number of ether oxygens (including phenoxy) is 1. The van der Waals surface area contributed by atoms with Gasteiger partial charge in [-0.1, -0.05) is 56.3 Å². The number of aliphatic hydroxyl groups is 1. The van der Waals surface area contributed by atoms with E-state index in [2.05, 4.69) is 19.2 Å². The van der Waals surface area contributed by atoms with Crippen LogP contribution in [0.15, 0.2) is 48.5 Å². The number of piperidine rings is 1. The fourth-order valence-electron chi connectivity index (χ4n) is 6.15. The minimum Gasteiger partial charge on any atom is -0.385 e. The summed E-state index contributed by atoms with van der Waals surface area (Å²) >= 11 is 0. The van der Waals surface area contributed by atoms with E-state index in [4.69, 9.17) is 4.74 Å². The van der Waals surface area contributed by atoms with Crippen LogP contribution in [0.2, 0.25) is 0 Å². The predicted octanol–water partition coefficient (Wildman–Crippen LogP) is 6.01. The van der Waals surface area contributed by atoms with E-state index in [1.807, 2.05) is 48.3 Å². The number of nitrogens with zero attached hydrogens (tertiary/aromatic N) is 1. The highest BCUT2D eigenvalue weighted by molar-refractivity contribution is 5.76. The van der Waals surface area contributed by atoms with E-state index in [0.717, 1.165) is 44.2 Å². The molecule has 0 saturated carbocycles. The first-order valence-corrected chi connectivity index (χ1v) is 14.3. The first kappa shape index (κ1) is 30.3. The van der Waals surface area contributed by atoms with Crippen molar-refractivity contribution in [2.45, 2.75) is 64.4 Å².